The van der Waals surface area contributed by atoms with Gasteiger partial charge in [0.2, 0.25) is 0 Å². The van der Waals surface area contributed by atoms with Gasteiger partial charge in [0.1, 0.15) is 6.04 Å². The van der Waals surface area contributed by atoms with Crippen LogP contribution in [0.15, 0.2) is 35.7 Å². The molecule has 1 aromatic heterocycles. The molecule has 0 radical (unpaired) electrons. The zero-order valence-corrected chi connectivity index (χ0v) is 18.5. The molecule has 0 fully saturated rings. The number of fused-ring (bicyclic) bond motifs is 1. The number of thiophene rings is 1. The third-order valence-corrected chi connectivity index (χ3v) is 6.44. The predicted octanol–water partition coefficient (Wildman–Crippen LogP) is 4.19. The van der Waals surface area contributed by atoms with Crippen molar-refractivity contribution < 1.29 is 27.1 Å². The van der Waals surface area contributed by atoms with Crippen LogP contribution in [0.2, 0.25) is 5.02 Å². The molecule has 160 valence electrons. The van der Waals surface area contributed by atoms with Crippen molar-refractivity contribution >= 4 is 39.3 Å². The highest BCUT2D eigenvalue weighted by Gasteiger charge is 2.31. The van der Waals surface area contributed by atoms with E-state index in [9.17, 15) is 18.3 Å². The molecule has 0 amide bonds. The number of hydrogen-bond donors (Lipinski definition) is 2. The summed E-state index contributed by atoms with van der Waals surface area (Å²) in [6, 6.07) is 8.58. The predicted molar refractivity (Wildman–Crippen MR) is 113 cm³/mol. The number of carbonyl (C=O) groups is 1. The smallest absolute Gasteiger partial charge is 0.397 e. The molecule has 2 aromatic rings. The Morgan fingerprint density at radius 3 is 2.59 bits per heavy atom. The number of benzene rings is 1. The molecule has 0 saturated heterocycles. The lowest BCUT2D eigenvalue weighted by molar-refractivity contribution is -0.144. The number of rotatable bonds is 6. The zero-order valence-electron chi connectivity index (χ0n) is 16.1. The van der Waals surface area contributed by atoms with Crippen LogP contribution in [0, 0.1) is 0 Å². The van der Waals surface area contributed by atoms with Crippen molar-refractivity contribution in [3.63, 3.8) is 0 Å². The lowest BCUT2D eigenvalue weighted by atomic mass is 10.0. The van der Waals surface area contributed by atoms with Crippen LogP contribution in [0.25, 0.3) is 0 Å². The maximum atomic E-state index is 11.7. The van der Waals surface area contributed by atoms with Gasteiger partial charge in [0.05, 0.1) is 6.10 Å². The average molecular weight is 462 g/mol. The Labute approximate surface area is 179 Å². The minimum absolute atomic E-state index is 0.444. The Balaban J connectivity index is 0.000000284. The molecule has 1 aliphatic rings. The summed E-state index contributed by atoms with van der Waals surface area (Å²) < 4.78 is 32.1. The van der Waals surface area contributed by atoms with Gasteiger partial charge < -0.3 is 5.11 Å². The molecule has 1 unspecified atom stereocenters. The van der Waals surface area contributed by atoms with Crippen molar-refractivity contribution in [1.82, 2.24) is 4.90 Å². The van der Waals surface area contributed by atoms with Gasteiger partial charge >= 0.3 is 16.4 Å². The second-order valence-corrected chi connectivity index (χ2v) is 9.05. The highest BCUT2D eigenvalue weighted by Crippen LogP contribution is 2.33. The largest absolute Gasteiger partial charge is 0.480 e. The number of aliphatic carboxylic acids is 1. The minimum atomic E-state index is -4.24. The van der Waals surface area contributed by atoms with Gasteiger partial charge in [0.25, 0.3) is 0 Å². The SMILES string of the molecule is CCC(C)OS(=O)(=O)O.O=C(O)[C@H](c1ccccc1Cl)N1CCc2sccc2C1. The third kappa shape index (κ3) is 7.06. The Kier molecular flexibility index (Phi) is 8.62. The summed E-state index contributed by atoms with van der Waals surface area (Å²) in [7, 11) is -4.24. The van der Waals surface area contributed by atoms with Crippen LogP contribution in [-0.2, 0) is 32.3 Å². The monoisotopic (exact) mass is 461 g/mol. The fourth-order valence-electron chi connectivity index (χ4n) is 2.95. The standard InChI is InChI=1S/C15H14ClNO2S.C4H10O4S/c16-12-4-2-1-3-11(12)14(15(18)19)17-7-5-13-10(9-17)6-8-20-13;1-3-4(2)8-9(5,6)7/h1-4,6,8,14H,5,7,9H2,(H,18,19);4H,3H2,1-2H3,(H,5,6,7)/t14-;/m0./s1. The summed E-state index contributed by atoms with van der Waals surface area (Å²) in [5.41, 5.74) is 1.90. The van der Waals surface area contributed by atoms with E-state index >= 15 is 0 Å². The first-order valence-electron chi connectivity index (χ1n) is 9.04. The van der Waals surface area contributed by atoms with Gasteiger partial charge in [-0.25, -0.2) is 4.18 Å². The third-order valence-electron chi connectivity index (χ3n) is 4.50. The number of nitrogens with zero attached hydrogens (tertiary/aromatic N) is 1. The highest BCUT2D eigenvalue weighted by molar-refractivity contribution is 7.80. The molecule has 7 nitrogen and oxygen atoms in total. The summed E-state index contributed by atoms with van der Waals surface area (Å²) >= 11 is 7.92. The van der Waals surface area contributed by atoms with Crippen molar-refractivity contribution in [2.45, 2.75) is 45.4 Å². The summed E-state index contributed by atoms with van der Waals surface area (Å²) in [5.74, 6) is -0.850. The molecular formula is C19H24ClNO6S2. The van der Waals surface area contributed by atoms with E-state index in [1.54, 1.807) is 37.3 Å². The lowest BCUT2D eigenvalue weighted by Gasteiger charge is -2.32. The van der Waals surface area contributed by atoms with Crippen LogP contribution in [0.5, 0.6) is 0 Å². The second-order valence-electron chi connectivity index (χ2n) is 6.59. The Bertz CT molecular complexity index is 930. The molecule has 1 aliphatic heterocycles. The van der Waals surface area contributed by atoms with Gasteiger partial charge in [-0.2, -0.15) is 8.42 Å². The van der Waals surface area contributed by atoms with E-state index in [1.165, 1.54) is 10.4 Å². The van der Waals surface area contributed by atoms with Gasteiger partial charge in [-0.3, -0.25) is 14.2 Å². The van der Waals surface area contributed by atoms with Crippen LogP contribution in [0.1, 0.15) is 42.3 Å². The van der Waals surface area contributed by atoms with E-state index in [0.29, 0.717) is 23.6 Å². The van der Waals surface area contributed by atoms with Crippen LogP contribution < -0.4 is 0 Å². The van der Waals surface area contributed by atoms with E-state index in [-0.39, 0.29) is 0 Å². The molecular weight excluding hydrogens is 438 g/mol. The molecule has 0 aliphatic carbocycles. The summed E-state index contributed by atoms with van der Waals surface area (Å²) in [6.45, 7) is 4.74. The normalized spacial score (nSPS) is 16.3. The first-order chi connectivity index (χ1) is 13.6. The van der Waals surface area contributed by atoms with Crippen LogP contribution >= 0.6 is 22.9 Å². The van der Waals surface area contributed by atoms with Crippen LogP contribution in [-0.4, -0.2) is 41.6 Å². The number of carboxylic acids is 1. The molecule has 3 rings (SSSR count). The quantitative estimate of drug-likeness (QED) is 0.621. The maximum Gasteiger partial charge on any atom is 0.397 e. The van der Waals surface area contributed by atoms with Gasteiger partial charge in [0.15, 0.2) is 0 Å². The van der Waals surface area contributed by atoms with Crippen molar-refractivity contribution in [1.29, 1.82) is 0 Å². The van der Waals surface area contributed by atoms with Crippen molar-refractivity contribution in [2.24, 2.45) is 0 Å². The van der Waals surface area contributed by atoms with Gasteiger partial charge in [0, 0.05) is 23.0 Å². The van der Waals surface area contributed by atoms with Crippen LogP contribution in [0.3, 0.4) is 0 Å². The summed E-state index contributed by atoms with van der Waals surface area (Å²) in [4.78, 5) is 15.1. The molecule has 0 saturated carbocycles. The Hall–Kier alpha value is -1.49. The molecule has 2 atom stereocenters. The fraction of sp³-hybridized carbons (Fsp3) is 0.421. The molecule has 2 N–H and O–H groups in total. The fourth-order valence-corrected chi connectivity index (χ4v) is 4.63. The van der Waals surface area contributed by atoms with Gasteiger partial charge in [-0.05, 0) is 48.4 Å². The van der Waals surface area contributed by atoms with E-state index in [0.717, 1.165) is 13.0 Å². The number of halogens is 1. The topological polar surface area (TPSA) is 104 Å². The summed E-state index contributed by atoms with van der Waals surface area (Å²) in [6.07, 6.45) is 1.01. The minimum Gasteiger partial charge on any atom is -0.480 e. The first-order valence-corrected chi connectivity index (χ1v) is 11.7. The molecule has 10 heteroatoms. The Morgan fingerprint density at radius 1 is 1.34 bits per heavy atom. The first kappa shape index (κ1) is 23.8. The van der Waals surface area contributed by atoms with Gasteiger partial charge in [-0.15, -0.1) is 11.3 Å². The molecule has 1 aromatic carbocycles. The number of carboxylic acid groups (broad SMARTS) is 1. The van der Waals surface area contributed by atoms with Gasteiger partial charge in [-0.1, -0.05) is 36.7 Å². The maximum absolute atomic E-state index is 11.7. The van der Waals surface area contributed by atoms with E-state index in [4.69, 9.17) is 16.2 Å². The van der Waals surface area contributed by atoms with Crippen molar-refractivity contribution in [2.75, 3.05) is 6.54 Å². The zero-order chi connectivity index (χ0) is 21.6. The lowest BCUT2D eigenvalue weighted by Crippen LogP contribution is -2.37. The van der Waals surface area contributed by atoms with Crippen molar-refractivity contribution in [3.8, 4) is 0 Å². The average Bonchev–Trinajstić information content (AvgIpc) is 3.10. The second kappa shape index (κ2) is 10.5. The Morgan fingerprint density at radius 2 is 2.03 bits per heavy atom. The molecule has 2 heterocycles. The molecule has 0 spiro atoms. The van der Waals surface area contributed by atoms with Crippen LogP contribution in [0.4, 0.5) is 0 Å². The highest BCUT2D eigenvalue weighted by atomic mass is 35.5. The van der Waals surface area contributed by atoms with E-state index in [2.05, 4.69) is 15.6 Å². The van der Waals surface area contributed by atoms with E-state index < -0.39 is 28.5 Å². The number of hydrogen-bond acceptors (Lipinski definition) is 6. The summed E-state index contributed by atoms with van der Waals surface area (Å²) in [5, 5.41) is 12.2. The van der Waals surface area contributed by atoms with Crippen molar-refractivity contribution in [3.05, 3.63) is 56.7 Å². The molecule has 29 heavy (non-hydrogen) atoms. The molecule has 0 bridgehead atoms. The van der Waals surface area contributed by atoms with E-state index in [1.807, 2.05) is 17.0 Å².